The number of hydrogen-bond donors (Lipinski definition) is 1. The molecule has 0 bridgehead atoms. The number of benzene rings is 1. The maximum absolute atomic E-state index is 12.7. The molecule has 0 aliphatic carbocycles. The number of thioether (sulfide) groups is 1. The molecule has 2 amide bonds. The Balaban J connectivity index is 1.57. The smallest absolute Gasteiger partial charge is 0.239 e. The Morgan fingerprint density at radius 2 is 2.13 bits per heavy atom. The number of nitrogens with zero attached hydrogens (tertiary/aromatic N) is 3. The number of imidazole rings is 1. The molecule has 30 heavy (non-hydrogen) atoms. The number of halogens is 1. The number of aromatic nitrogens is 2. The second-order valence-corrected chi connectivity index (χ2v) is 8.90. The molecule has 3 aromatic rings. The van der Waals surface area contributed by atoms with E-state index in [0.29, 0.717) is 23.3 Å². The van der Waals surface area contributed by atoms with E-state index < -0.39 is 0 Å². The van der Waals surface area contributed by atoms with Crippen molar-refractivity contribution in [2.45, 2.75) is 25.5 Å². The van der Waals surface area contributed by atoms with Crippen LogP contribution in [0.15, 0.2) is 53.3 Å². The predicted molar refractivity (Wildman–Crippen MR) is 122 cm³/mol. The van der Waals surface area contributed by atoms with Crippen molar-refractivity contribution in [1.29, 1.82) is 0 Å². The summed E-state index contributed by atoms with van der Waals surface area (Å²) in [5.74, 6) is -0.0753. The highest BCUT2D eigenvalue weighted by Crippen LogP contribution is 2.26. The van der Waals surface area contributed by atoms with E-state index >= 15 is 0 Å². The monoisotopic (exact) mass is 462 g/mol. The molecule has 6 nitrogen and oxygen atoms in total. The molecule has 2 heterocycles. The van der Waals surface area contributed by atoms with Crippen LogP contribution in [0, 0.1) is 6.92 Å². The number of likely N-dealkylation sites (N-methyl/N-ethyl adjacent to an activating group) is 1. The average molecular weight is 463 g/mol. The van der Waals surface area contributed by atoms with Crippen LogP contribution in [-0.2, 0) is 16.1 Å². The number of nitrogens with one attached hydrogen (secondary N) is 1. The summed E-state index contributed by atoms with van der Waals surface area (Å²) in [6.45, 7) is 4.81. The van der Waals surface area contributed by atoms with Gasteiger partial charge in [0.2, 0.25) is 11.8 Å². The first kappa shape index (κ1) is 22.4. The summed E-state index contributed by atoms with van der Waals surface area (Å²) in [6, 6.07) is 9.60. The molecule has 0 saturated heterocycles. The minimum Gasteiger partial charge on any atom is -0.350 e. The molecule has 1 N–H and O–H groups in total. The highest BCUT2D eigenvalue weighted by Gasteiger charge is 2.18. The van der Waals surface area contributed by atoms with E-state index in [1.165, 1.54) is 11.8 Å². The number of rotatable bonds is 9. The Morgan fingerprint density at radius 3 is 2.87 bits per heavy atom. The van der Waals surface area contributed by atoms with Gasteiger partial charge >= 0.3 is 0 Å². The van der Waals surface area contributed by atoms with Gasteiger partial charge in [0.05, 0.1) is 24.5 Å². The van der Waals surface area contributed by atoms with E-state index in [1.54, 1.807) is 22.4 Å². The first-order chi connectivity index (χ1) is 14.5. The van der Waals surface area contributed by atoms with E-state index in [1.807, 2.05) is 60.3 Å². The minimum absolute atomic E-state index is 0.0448. The van der Waals surface area contributed by atoms with Gasteiger partial charge in [-0.3, -0.25) is 14.2 Å². The van der Waals surface area contributed by atoms with E-state index in [9.17, 15) is 9.59 Å². The van der Waals surface area contributed by atoms with E-state index in [0.717, 1.165) is 16.1 Å². The van der Waals surface area contributed by atoms with Crippen LogP contribution in [0.2, 0.25) is 5.02 Å². The Labute approximate surface area is 189 Å². The van der Waals surface area contributed by atoms with Crippen molar-refractivity contribution in [1.82, 2.24) is 19.8 Å². The molecule has 3 rings (SSSR count). The largest absolute Gasteiger partial charge is 0.350 e. The van der Waals surface area contributed by atoms with E-state index in [4.69, 9.17) is 11.6 Å². The molecule has 9 heteroatoms. The van der Waals surface area contributed by atoms with Crippen molar-refractivity contribution in [3.63, 3.8) is 0 Å². The molecule has 2 aromatic heterocycles. The maximum atomic E-state index is 12.7. The fourth-order valence-electron chi connectivity index (χ4n) is 2.86. The Morgan fingerprint density at radius 1 is 1.30 bits per heavy atom. The third-order valence-corrected chi connectivity index (χ3v) is 6.78. The third kappa shape index (κ3) is 5.65. The summed E-state index contributed by atoms with van der Waals surface area (Å²) in [6.07, 6.45) is 3.55. The molecule has 0 saturated carbocycles. The zero-order valence-electron chi connectivity index (χ0n) is 16.8. The van der Waals surface area contributed by atoms with Crippen molar-refractivity contribution in [3.05, 3.63) is 63.6 Å². The highest BCUT2D eigenvalue weighted by atomic mass is 35.5. The standard InChI is InChI=1S/C21H23ClN4O2S2/c1-3-25(13-19(27)24-12-16-6-5-11-29-16)20(28)14-30-21-23-9-10-26(21)18-8-4-7-17(22)15(18)2/h4-11H,3,12-14H2,1-2H3,(H,24,27). The van der Waals surface area contributed by atoms with Gasteiger partial charge in [0.15, 0.2) is 5.16 Å². The first-order valence-electron chi connectivity index (χ1n) is 9.48. The number of hydrogen-bond acceptors (Lipinski definition) is 5. The van der Waals surface area contributed by atoms with Gasteiger partial charge in [0, 0.05) is 28.8 Å². The van der Waals surface area contributed by atoms with Crippen molar-refractivity contribution in [3.8, 4) is 5.69 Å². The lowest BCUT2D eigenvalue weighted by Gasteiger charge is -2.20. The zero-order chi connectivity index (χ0) is 21.5. The van der Waals surface area contributed by atoms with Gasteiger partial charge in [0.1, 0.15) is 0 Å². The topological polar surface area (TPSA) is 67.2 Å². The van der Waals surface area contributed by atoms with Crippen molar-refractivity contribution < 1.29 is 9.59 Å². The van der Waals surface area contributed by atoms with Crippen molar-refractivity contribution in [2.24, 2.45) is 0 Å². The molecule has 158 valence electrons. The van der Waals surface area contributed by atoms with Crippen LogP contribution < -0.4 is 5.32 Å². The molecular formula is C21H23ClN4O2S2. The van der Waals surface area contributed by atoms with Gasteiger partial charge in [-0.2, -0.15) is 0 Å². The Hall–Kier alpha value is -2.29. The molecule has 0 fully saturated rings. The molecule has 0 radical (unpaired) electrons. The summed E-state index contributed by atoms with van der Waals surface area (Å²) >= 11 is 9.17. The predicted octanol–water partition coefficient (Wildman–Crippen LogP) is 4.15. The van der Waals surface area contributed by atoms with Crippen LogP contribution in [0.4, 0.5) is 0 Å². The average Bonchev–Trinajstić information content (AvgIpc) is 3.42. The lowest BCUT2D eigenvalue weighted by Crippen LogP contribution is -2.41. The van der Waals surface area contributed by atoms with E-state index in [-0.39, 0.29) is 24.1 Å². The Kier molecular flexibility index (Phi) is 7.95. The normalized spacial score (nSPS) is 10.8. The van der Waals surface area contributed by atoms with Crippen LogP contribution in [-0.4, -0.2) is 45.1 Å². The van der Waals surface area contributed by atoms with Crippen LogP contribution in [0.3, 0.4) is 0 Å². The number of carbonyl (C=O) groups is 2. The quantitative estimate of drug-likeness (QED) is 0.485. The van der Waals surface area contributed by atoms with Crippen LogP contribution >= 0.6 is 34.7 Å². The van der Waals surface area contributed by atoms with Gasteiger partial charge in [0.25, 0.3) is 0 Å². The minimum atomic E-state index is -0.167. The molecule has 0 aliphatic rings. The second kappa shape index (κ2) is 10.7. The second-order valence-electron chi connectivity index (χ2n) is 6.52. The fraction of sp³-hybridized carbons (Fsp3) is 0.286. The van der Waals surface area contributed by atoms with E-state index in [2.05, 4.69) is 10.3 Å². The van der Waals surface area contributed by atoms with Crippen molar-refractivity contribution >= 4 is 46.5 Å². The van der Waals surface area contributed by atoms with Gasteiger partial charge in [-0.25, -0.2) is 4.98 Å². The van der Waals surface area contributed by atoms with Gasteiger partial charge in [-0.05, 0) is 43.0 Å². The van der Waals surface area contributed by atoms with Crippen LogP contribution in [0.1, 0.15) is 17.4 Å². The summed E-state index contributed by atoms with van der Waals surface area (Å²) in [5.41, 5.74) is 1.87. The highest BCUT2D eigenvalue weighted by molar-refractivity contribution is 7.99. The molecule has 0 spiro atoms. The summed E-state index contributed by atoms with van der Waals surface area (Å²) in [7, 11) is 0. The summed E-state index contributed by atoms with van der Waals surface area (Å²) < 4.78 is 1.92. The summed E-state index contributed by atoms with van der Waals surface area (Å²) in [4.78, 5) is 31.9. The SMILES string of the molecule is CCN(CC(=O)NCc1cccs1)C(=O)CSc1nccn1-c1cccc(Cl)c1C. The Bertz CT molecular complexity index is 1000. The number of amides is 2. The van der Waals surface area contributed by atoms with Crippen LogP contribution in [0.5, 0.6) is 0 Å². The lowest BCUT2D eigenvalue weighted by atomic mass is 10.2. The third-order valence-electron chi connectivity index (χ3n) is 4.54. The van der Waals surface area contributed by atoms with Gasteiger partial charge in [-0.1, -0.05) is 35.5 Å². The molecule has 1 aromatic carbocycles. The van der Waals surface area contributed by atoms with Crippen molar-refractivity contribution in [2.75, 3.05) is 18.8 Å². The number of thiophene rings is 1. The molecule has 0 atom stereocenters. The molecule has 0 unspecified atom stereocenters. The summed E-state index contributed by atoms with van der Waals surface area (Å²) in [5, 5.41) is 6.21. The number of carbonyl (C=O) groups excluding carboxylic acids is 2. The molecule has 0 aliphatic heterocycles. The maximum Gasteiger partial charge on any atom is 0.239 e. The fourth-order valence-corrected chi connectivity index (χ4v) is 4.54. The molecular weight excluding hydrogens is 440 g/mol. The lowest BCUT2D eigenvalue weighted by molar-refractivity contribution is -0.133. The first-order valence-corrected chi connectivity index (χ1v) is 11.7. The van der Waals surface area contributed by atoms with Crippen LogP contribution in [0.25, 0.3) is 5.69 Å². The van der Waals surface area contributed by atoms with Gasteiger partial charge in [-0.15, -0.1) is 11.3 Å². The van der Waals surface area contributed by atoms with Gasteiger partial charge < -0.3 is 10.2 Å². The zero-order valence-corrected chi connectivity index (χ0v) is 19.2.